The zero-order valence-electron chi connectivity index (χ0n) is 22.5. The number of carbonyl (C=O) groups is 2. The van der Waals surface area contributed by atoms with Gasteiger partial charge >= 0.3 is 0 Å². The molecule has 6 rings (SSSR count). The van der Waals surface area contributed by atoms with Crippen molar-refractivity contribution >= 4 is 23.7 Å². The first kappa shape index (κ1) is 26.6. The molecule has 15 heteroatoms. The van der Waals surface area contributed by atoms with Gasteiger partial charge in [0.25, 0.3) is 17.4 Å². The lowest BCUT2D eigenvalue weighted by Gasteiger charge is -2.46. The highest BCUT2D eigenvalue weighted by Gasteiger charge is 2.65. The maximum atomic E-state index is 13.5. The van der Waals surface area contributed by atoms with Gasteiger partial charge < -0.3 is 47.1 Å². The van der Waals surface area contributed by atoms with Gasteiger partial charge in [0, 0.05) is 24.7 Å². The van der Waals surface area contributed by atoms with Crippen molar-refractivity contribution in [2.75, 3.05) is 19.7 Å². The van der Waals surface area contributed by atoms with E-state index in [4.69, 9.17) is 16.2 Å². The largest absolute Gasteiger partial charge is 0.492 e. The van der Waals surface area contributed by atoms with Gasteiger partial charge in [-0.1, -0.05) is 26.0 Å². The fraction of sp³-hybridized carbons (Fsp3) is 0.462. The van der Waals surface area contributed by atoms with Gasteiger partial charge in [-0.25, -0.2) is 15.0 Å². The molecule has 0 saturated carbocycles. The van der Waals surface area contributed by atoms with Gasteiger partial charge in [0.15, 0.2) is 17.6 Å². The Labute approximate surface area is 234 Å². The number of aliphatic hydroxyl groups is 1. The number of nitrogens with zero attached hydrogens (tertiary/aromatic N) is 4. The predicted octanol–water partition coefficient (Wildman–Crippen LogP) is -2.29. The molecular formula is C26H32N10O5. The second kappa shape index (κ2) is 9.47. The van der Waals surface area contributed by atoms with Crippen molar-refractivity contribution in [1.82, 2.24) is 30.8 Å². The standard InChI is InChI=1S/C26H32N10O5/c1-25(2)6-7-41-18-12(4-3-5-13(18)25)21(39)32-16-10-36-24(28)33-15(19-26(36,20(16)38)35-23(27)34-19)9-29-22(40)14-8-17(37)31-11-30-14/h3-5,8,11,15-16,19-20,38H,6-7,9-10H2,1-2H3,(H2,28,33)(H,29,40)(H,32,39)(H3,27,34,35)(H,30,31,37)/t15-,16?,19?,20+,26?/m0/s1. The molecule has 0 bridgehead atoms. The lowest BCUT2D eigenvalue weighted by atomic mass is 9.79. The van der Waals surface area contributed by atoms with E-state index in [1.54, 1.807) is 11.0 Å². The van der Waals surface area contributed by atoms with Crippen molar-refractivity contribution in [3.63, 3.8) is 0 Å². The number of ether oxygens (including phenoxy) is 1. The fourth-order valence-corrected chi connectivity index (χ4v) is 6.18. The van der Waals surface area contributed by atoms with Gasteiger partial charge in [-0.15, -0.1) is 0 Å². The van der Waals surface area contributed by atoms with Gasteiger partial charge in [0.2, 0.25) is 0 Å². The first-order valence-corrected chi connectivity index (χ1v) is 13.3. The molecule has 1 spiro atoms. The van der Waals surface area contributed by atoms with Crippen LogP contribution in [0.4, 0.5) is 0 Å². The summed E-state index contributed by atoms with van der Waals surface area (Å²) in [6.07, 6.45) is 0.757. The molecule has 216 valence electrons. The summed E-state index contributed by atoms with van der Waals surface area (Å²) < 4.78 is 5.92. The smallest absolute Gasteiger partial charge is 0.270 e. The normalized spacial score (nSPS) is 29.1. The lowest BCUT2D eigenvalue weighted by Crippen LogP contribution is -2.73. The quantitative estimate of drug-likeness (QED) is 0.206. The number of fused-ring (bicyclic) bond motifs is 1. The van der Waals surface area contributed by atoms with Crippen LogP contribution in [0.15, 0.2) is 45.4 Å². The number of guanidine groups is 2. The third-order valence-electron chi connectivity index (χ3n) is 8.32. The predicted molar refractivity (Wildman–Crippen MR) is 147 cm³/mol. The number of aliphatic hydroxyl groups excluding tert-OH is 1. The van der Waals surface area contributed by atoms with E-state index in [0.717, 1.165) is 24.4 Å². The number of aliphatic imine (C=N–C) groups is 2. The Hall–Kier alpha value is -4.66. The monoisotopic (exact) mass is 564 g/mol. The topological polar surface area (TPSA) is 225 Å². The summed E-state index contributed by atoms with van der Waals surface area (Å²) in [6.45, 7) is 4.82. The number of carbonyl (C=O) groups excluding carboxylic acids is 2. The van der Waals surface area contributed by atoms with E-state index in [2.05, 4.69) is 49.8 Å². The van der Waals surface area contributed by atoms with Gasteiger partial charge in [0.1, 0.15) is 23.6 Å². The molecule has 2 amide bonds. The molecule has 1 saturated heterocycles. The van der Waals surface area contributed by atoms with Crippen molar-refractivity contribution in [3.05, 3.63) is 57.8 Å². The number of rotatable bonds is 5. The number of para-hydroxylation sites is 1. The second-order valence-corrected chi connectivity index (χ2v) is 11.3. The molecule has 5 heterocycles. The number of benzene rings is 1. The Balaban J connectivity index is 1.23. The van der Waals surface area contributed by atoms with Crippen LogP contribution in [0.25, 0.3) is 0 Å². The number of hydrogen-bond acceptors (Lipinski definition) is 12. The first-order chi connectivity index (χ1) is 19.5. The van der Waals surface area contributed by atoms with E-state index in [9.17, 15) is 19.5 Å². The number of aromatic amines is 1. The summed E-state index contributed by atoms with van der Waals surface area (Å²) in [5.41, 5.74) is 11.8. The van der Waals surface area contributed by atoms with Gasteiger partial charge in [-0.2, -0.15) is 0 Å². The number of aromatic nitrogens is 2. The number of hydrogen-bond donors (Lipinski definition) is 7. The van der Waals surface area contributed by atoms with Crippen LogP contribution in [0.1, 0.15) is 46.7 Å². The minimum Gasteiger partial charge on any atom is -0.492 e. The van der Waals surface area contributed by atoms with Crippen molar-refractivity contribution < 1.29 is 19.4 Å². The molecule has 41 heavy (non-hydrogen) atoms. The van der Waals surface area contributed by atoms with Gasteiger partial charge in [-0.3, -0.25) is 14.4 Å². The Morgan fingerprint density at radius 2 is 2.05 bits per heavy atom. The molecular weight excluding hydrogens is 532 g/mol. The Morgan fingerprint density at radius 3 is 2.83 bits per heavy atom. The summed E-state index contributed by atoms with van der Waals surface area (Å²) in [6, 6.07) is 4.32. The van der Waals surface area contributed by atoms with Gasteiger partial charge in [-0.05, 0) is 17.9 Å². The Kier molecular flexibility index (Phi) is 6.13. The molecule has 3 unspecified atom stereocenters. The first-order valence-electron chi connectivity index (χ1n) is 13.3. The van der Waals surface area contributed by atoms with Gasteiger partial charge in [0.05, 0.1) is 30.6 Å². The minimum absolute atomic E-state index is 0.0280. The molecule has 15 nitrogen and oxygen atoms in total. The van der Waals surface area contributed by atoms with E-state index >= 15 is 0 Å². The highest BCUT2D eigenvalue weighted by molar-refractivity contribution is 5.98. The highest BCUT2D eigenvalue weighted by Crippen LogP contribution is 2.42. The summed E-state index contributed by atoms with van der Waals surface area (Å²) in [4.78, 5) is 54.6. The maximum absolute atomic E-state index is 13.5. The summed E-state index contributed by atoms with van der Waals surface area (Å²) in [5, 5.41) is 20.4. The molecule has 1 aromatic carbocycles. The summed E-state index contributed by atoms with van der Waals surface area (Å²) in [7, 11) is 0. The molecule has 1 aromatic heterocycles. The molecule has 9 N–H and O–H groups in total. The van der Waals surface area contributed by atoms with Crippen molar-refractivity contribution in [1.29, 1.82) is 0 Å². The number of nitrogens with one attached hydrogen (secondary N) is 4. The lowest BCUT2D eigenvalue weighted by molar-refractivity contribution is 0.0143. The molecule has 4 aliphatic rings. The van der Waals surface area contributed by atoms with Crippen LogP contribution in [-0.4, -0.2) is 93.3 Å². The van der Waals surface area contributed by atoms with Crippen LogP contribution in [0, 0.1) is 0 Å². The SMILES string of the molecule is CC1(C)CCOc2c(C(=O)NC3CN4C(N)=N[C@@H](CNC(=O)c5cc(=O)[nH]cn5)C5N=C(N)NC54[C@@H]3O)cccc21. The highest BCUT2D eigenvalue weighted by atomic mass is 16.5. The zero-order valence-corrected chi connectivity index (χ0v) is 22.5. The molecule has 0 radical (unpaired) electrons. The molecule has 2 aromatic rings. The van der Waals surface area contributed by atoms with Crippen molar-refractivity contribution in [2.24, 2.45) is 21.5 Å². The van der Waals surface area contributed by atoms with Crippen LogP contribution in [0.2, 0.25) is 0 Å². The zero-order chi connectivity index (χ0) is 29.1. The van der Waals surface area contributed by atoms with Crippen LogP contribution < -0.4 is 37.7 Å². The number of amides is 2. The molecule has 0 aliphatic carbocycles. The average molecular weight is 565 g/mol. The van der Waals surface area contributed by atoms with E-state index in [1.165, 1.54) is 0 Å². The van der Waals surface area contributed by atoms with Crippen LogP contribution in [-0.2, 0) is 5.41 Å². The van der Waals surface area contributed by atoms with Crippen molar-refractivity contribution in [2.45, 2.75) is 55.6 Å². The second-order valence-electron chi connectivity index (χ2n) is 11.3. The third-order valence-corrected chi connectivity index (χ3v) is 8.32. The minimum atomic E-state index is -1.31. The molecule has 4 aliphatic heterocycles. The molecule has 5 atom stereocenters. The summed E-state index contributed by atoms with van der Waals surface area (Å²) >= 11 is 0. The summed E-state index contributed by atoms with van der Waals surface area (Å²) in [5.74, 6) is -0.284. The Bertz CT molecular complexity index is 1540. The Morgan fingerprint density at radius 1 is 1.24 bits per heavy atom. The van der Waals surface area contributed by atoms with Crippen LogP contribution >= 0.6 is 0 Å². The van der Waals surface area contributed by atoms with E-state index in [0.29, 0.717) is 17.9 Å². The van der Waals surface area contributed by atoms with E-state index < -0.39 is 47.3 Å². The fourth-order valence-electron chi connectivity index (χ4n) is 6.18. The maximum Gasteiger partial charge on any atom is 0.270 e. The average Bonchev–Trinajstić information content (AvgIpc) is 3.43. The number of nitrogens with two attached hydrogens (primary N) is 2. The van der Waals surface area contributed by atoms with E-state index in [-0.39, 0.29) is 36.1 Å². The molecule has 1 fully saturated rings. The van der Waals surface area contributed by atoms with E-state index in [1.807, 2.05) is 12.1 Å². The van der Waals surface area contributed by atoms with Crippen LogP contribution in [0.3, 0.4) is 0 Å². The number of H-pyrrole nitrogens is 1. The third kappa shape index (κ3) is 4.23. The van der Waals surface area contributed by atoms with Crippen LogP contribution in [0.5, 0.6) is 5.75 Å². The van der Waals surface area contributed by atoms with Crippen molar-refractivity contribution in [3.8, 4) is 5.75 Å².